The molecule has 0 radical (unpaired) electrons. The summed E-state index contributed by atoms with van der Waals surface area (Å²) in [5.41, 5.74) is 3.23. The molecule has 0 saturated heterocycles. The van der Waals surface area contributed by atoms with Gasteiger partial charge in [0.2, 0.25) is 0 Å². The number of hydrogen-bond acceptors (Lipinski definition) is 5. The summed E-state index contributed by atoms with van der Waals surface area (Å²) in [7, 11) is -3.77. The van der Waals surface area contributed by atoms with Gasteiger partial charge in [-0.3, -0.25) is 14.8 Å². The zero-order valence-electron chi connectivity index (χ0n) is 21.5. The van der Waals surface area contributed by atoms with E-state index in [0.717, 1.165) is 30.4 Å². The Hall–Kier alpha value is -3.43. The second-order valence-corrected chi connectivity index (χ2v) is 11.0. The Kier molecular flexibility index (Phi) is 9.66. The highest BCUT2D eigenvalue weighted by Crippen LogP contribution is 2.24. The van der Waals surface area contributed by atoms with Crippen molar-refractivity contribution in [1.29, 1.82) is 0 Å². The first-order valence-corrected chi connectivity index (χ1v) is 14.1. The van der Waals surface area contributed by atoms with E-state index in [9.17, 15) is 13.2 Å². The van der Waals surface area contributed by atoms with Gasteiger partial charge in [0.05, 0.1) is 16.7 Å². The van der Waals surface area contributed by atoms with Crippen molar-refractivity contribution in [3.8, 4) is 5.75 Å². The van der Waals surface area contributed by atoms with Crippen molar-refractivity contribution in [2.45, 2.75) is 58.0 Å². The van der Waals surface area contributed by atoms with E-state index in [2.05, 4.69) is 22.3 Å². The fraction of sp³-hybridized carbons (Fsp3) is 0.286. The molecular weight excluding hydrogens is 506 g/mol. The van der Waals surface area contributed by atoms with Crippen molar-refractivity contribution in [2.75, 3.05) is 10.0 Å². The summed E-state index contributed by atoms with van der Waals surface area (Å²) in [4.78, 5) is 12.7. The third-order valence-corrected chi connectivity index (χ3v) is 7.35. The van der Waals surface area contributed by atoms with Crippen LogP contribution in [0, 0.1) is 13.8 Å². The second kappa shape index (κ2) is 12.7. The molecule has 7 nitrogen and oxygen atoms in total. The van der Waals surface area contributed by atoms with Gasteiger partial charge < -0.3 is 10.1 Å². The molecule has 1 atom stereocenters. The highest BCUT2D eigenvalue weighted by atomic mass is 32.2. The van der Waals surface area contributed by atoms with Gasteiger partial charge in [-0.1, -0.05) is 38.0 Å². The predicted molar refractivity (Wildman–Crippen MR) is 153 cm³/mol. The van der Waals surface area contributed by atoms with Crippen LogP contribution in [0.5, 0.6) is 5.75 Å². The Morgan fingerprint density at radius 3 is 2.19 bits per heavy atom. The Bertz CT molecular complexity index is 1320. The molecule has 0 aliphatic heterocycles. The van der Waals surface area contributed by atoms with Gasteiger partial charge in [-0.05, 0) is 99.1 Å². The zero-order chi connectivity index (χ0) is 27.0. The summed E-state index contributed by atoms with van der Waals surface area (Å²) < 4.78 is 34.2. The summed E-state index contributed by atoms with van der Waals surface area (Å²) in [5, 5.41) is 5.64. The van der Waals surface area contributed by atoms with Gasteiger partial charge in [-0.15, -0.1) is 0 Å². The molecule has 0 fully saturated rings. The van der Waals surface area contributed by atoms with Crippen LogP contribution in [0.2, 0.25) is 0 Å². The monoisotopic (exact) mass is 539 g/mol. The highest BCUT2D eigenvalue weighted by molar-refractivity contribution is 7.92. The predicted octanol–water partition coefficient (Wildman–Crippen LogP) is 6.19. The average molecular weight is 540 g/mol. The molecular formula is C28H33N3O4S2. The molecule has 0 aromatic heterocycles. The molecule has 3 aromatic carbocycles. The van der Waals surface area contributed by atoms with E-state index in [1.165, 1.54) is 12.1 Å². The molecule has 0 heterocycles. The first-order chi connectivity index (χ1) is 17.6. The van der Waals surface area contributed by atoms with E-state index in [1.54, 1.807) is 36.4 Å². The number of benzene rings is 3. The third-order valence-electron chi connectivity index (χ3n) is 5.79. The lowest BCUT2D eigenvalue weighted by Gasteiger charge is -2.15. The minimum atomic E-state index is -3.77. The van der Waals surface area contributed by atoms with Gasteiger partial charge in [0.15, 0.2) is 5.11 Å². The van der Waals surface area contributed by atoms with Crippen LogP contribution in [0.15, 0.2) is 71.6 Å². The molecule has 0 aliphatic carbocycles. The van der Waals surface area contributed by atoms with Gasteiger partial charge in [0.1, 0.15) is 5.75 Å². The number of anilines is 2. The molecule has 1 unspecified atom stereocenters. The number of aryl methyl sites for hydroxylation is 2. The van der Waals surface area contributed by atoms with Crippen LogP contribution in [-0.4, -0.2) is 25.5 Å². The van der Waals surface area contributed by atoms with Crippen molar-refractivity contribution >= 4 is 44.6 Å². The first kappa shape index (κ1) is 28.1. The fourth-order valence-electron chi connectivity index (χ4n) is 3.69. The summed E-state index contributed by atoms with van der Waals surface area (Å²) in [6.45, 7) is 7.88. The molecule has 0 aliphatic rings. The van der Waals surface area contributed by atoms with E-state index < -0.39 is 10.0 Å². The largest absolute Gasteiger partial charge is 0.491 e. The van der Waals surface area contributed by atoms with Crippen LogP contribution in [0.4, 0.5) is 11.4 Å². The number of thiocarbonyl (C=S) groups is 1. The lowest BCUT2D eigenvalue weighted by atomic mass is 10.1. The smallest absolute Gasteiger partial charge is 0.261 e. The molecule has 9 heteroatoms. The molecule has 0 spiro atoms. The number of ether oxygens (including phenoxy) is 1. The maximum atomic E-state index is 12.8. The molecule has 37 heavy (non-hydrogen) atoms. The van der Waals surface area contributed by atoms with Crippen LogP contribution >= 0.6 is 12.2 Å². The summed E-state index contributed by atoms with van der Waals surface area (Å²) in [6, 6.07) is 18.6. The first-order valence-electron chi connectivity index (χ1n) is 12.2. The van der Waals surface area contributed by atoms with Crippen molar-refractivity contribution in [3.63, 3.8) is 0 Å². The molecule has 0 bridgehead atoms. The molecule has 3 aromatic rings. The molecule has 1 amide bonds. The Balaban J connectivity index is 1.56. The number of carbonyl (C=O) groups excluding carboxylic acids is 1. The standard InChI is InChI=1S/C28H33N3O4S2/c1-5-6-10-21(4)35-24-15-11-22(12-16-24)27(32)30-28(36)29-23-13-17-25(18-14-23)37(33,34)31-26-19(2)8-7-9-20(26)3/h7-9,11-18,21,31H,5-6,10H2,1-4H3,(H2,29,30,32,36). The summed E-state index contributed by atoms with van der Waals surface area (Å²) in [6.07, 6.45) is 3.32. The van der Waals surface area contributed by atoms with Gasteiger partial charge in [-0.2, -0.15) is 0 Å². The molecule has 3 rings (SSSR count). The lowest BCUT2D eigenvalue weighted by molar-refractivity contribution is 0.0977. The van der Waals surface area contributed by atoms with Gasteiger partial charge >= 0.3 is 0 Å². The minimum absolute atomic E-state index is 0.0998. The number of para-hydroxylation sites is 1. The van der Waals surface area contributed by atoms with Gasteiger partial charge in [-0.25, -0.2) is 8.42 Å². The van der Waals surface area contributed by atoms with E-state index in [4.69, 9.17) is 17.0 Å². The van der Waals surface area contributed by atoms with E-state index in [0.29, 0.717) is 22.7 Å². The maximum Gasteiger partial charge on any atom is 0.261 e. The van der Waals surface area contributed by atoms with E-state index in [-0.39, 0.29) is 22.0 Å². The van der Waals surface area contributed by atoms with Crippen molar-refractivity contribution in [1.82, 2.24) is 5.32 Å². The van der Waals surface area contributed by atoms with Crippen molar-refractivity contribution < 1.29 is 17.9 Å². The van der Waals surface area contributed by atoms with Crippen LogP contribution in [-0.2, 0) is 10.0 Å². The highest BCUT2D eigenvalue weighted by Gasteiger charge is 2.17. The number of carbonyl (C=O) groups is 1. The van der Waals surface area contributed by atoms with Crippen LogP contribution in [0.25, 0.3) is 0 Å². The number of hydrogen-bond donors (Lipinski definition) is 3. The Morgan fingerprint density at radius 1 is 0.973 bits per heavy atom. The van der Waals surface area contributed by atoms with Gasteiger partial charge in [0, 0.05) is 11.3 Å². The zero-order valence-corrected chi connectivity index (χ0v) is 23.1. The SMILES string of the molecule is CCCCC(C)Oc1ccc(C(=O)NC(=S)Nc2ccc(S(=O)(=O)Nc3c(C)cccc3C)cc2)cc1. The molecule has 196 valence electrons. The Labute approximate surface area is 224 Å². The minimum Gasteiger partial charge on any atom is -0.491 e. The fourth-order valence-corrected chi connectivity index (χ4v) is 5.10. The van der Waals surface area contributed by atoms with Crippen LogP contribution in [0.1, 0.15) is 54.6 Å². The van der Waals surface area contributed by atoms with Gasteiger partial charge in [0.25, 0.3) is 15.9 Å². The number of amides is 1. The quantitative estimate of drug-likeness (QED) is 0.266. The molecule has 3 N–H and O–H groups in total. The summed E-state index contributed by atoms with van der Waals surface area (Å²) in [5.74, 6) is 0.350. The maximum absolute atomic E-state index is 12.8. The average Bonchev–Trinajstić information content (AvgIpc) is 2.86. The van der Waals surface area contributed by atoms with E-state index >= 15 is 0 Å². The Morgan fingerprint density at radius 2 is 1.59 bits per heavy atom. The number of nitrogens with one attached hydrogen (secondary N) is 3. The topological polar surface area (TPSA) is 96.5 Å². The van der Waals surface area contributed by atoms with Crippen LogP contribution in [0.3, 0.4) is 0 Å². The summed E-state index contributed by atoms with van der Waals surface area (Å²) >= 11 is 5.26. The number of rotatable bonds is 10. The van der Waals surface area contributed by atoms with Crippen molar-refractivity contribution in [2.24, 2.45) is 0 Å². The van der Waals surface area contributed by atoms with Crippen molar-refractivity contribution in [3.05, 3.63) is 83.4 Å². The number of unbranched alkanes of at least 4 members (excludes halogenated alkanes) is 1. The van der Waals surface area contributed by atoms with E-state index in [1.807, 2.05) is 39.0 Å². The van der Waals surface area contributed by atoms with Crippen LogP contribution < -0.4 is 20.1 Å². The molecule has 0 saturated carbocycles. The second-order valence-electron chi connectivity index (χ2n) is 8.90. The number of sulfonamides is 1. The normalized spacial score (nSPS) is 11.9. The lowest BCUT2D eigenvalue weighted by Crippen LogP contribution is -2.34. The third kappa shape index (κ3) is 8.03.